The Balaban J connectivity index is 1.63. The summed E-state index contributed by atoms with van der Waals surface area (Å²) in [5.74, 6) is 1.02. The standard InChI is InChI=1S/C21H17NO/c1-2-6-14(7-3-1)19-12-11-17-20(23-19)13-10-16-15-8-4-5-9-18(15)22-21(16)17/h1-10,13,19,22H,11-12H2. The van der Waals surface area contributed by atoms with Gasteiger partial charge >= 0.3 is 0 Å². The Kier molecular flexibility index (Phi) is 2.71. The van der Waals surface area contributed by atoms with Crippen LogP contribution in [0, 0.1) is 0 Å². The van der Waals surface area contributed by atoms with E-state index >= 15 is 0 Å². The van der Waals surface area contributed by atoms with Gasteiger partial charge in [0.15, 0.2) is 0 Å². The summed E-state index contributed by atoms with van der Waals surface area (Å²) in [4.78, 5) is 3.58. The van der Waals surface area contributed by atoms with Crippen molar-refractivity contribution in [3.8, 4) is 5.75 Å². The first-order valence-corrected chi connectivity index (χ1v) is 8.14. The minimum atomic E-state index is 0.158. The van der Waals surface area contributed by atoms with Crippen LogP contribution in [0.3, 0.4) is 0 Å². The molecule has 1 unspecified atom stereocenters. The number of benzene rings is 3. The number of fused-ring (bicyclic) bond motifs is 5. The van der Waals surface area contributed by atoms with Gasteiger partial charge in [-0.25, -0.2) is 0 Å². The Morgan fingerprint density at radius 1 is 0.826 bits per heavy atom. The molecule has 5 rings (SSSR count). The van der Waals surface area contributed by atoms with Gasteiger partial charge in [-0.15, -0.1) is 0 Å². The molecule has 1 aliphatic heterocycles. The van der Waals surface area contributed by atoms with Crippen LogP contribution in [0.15, 0.2) is 66.7 Å². The molecule has 0 spiro atoms. The number of ether oxygens (including phenoxy) is 1. The Bertz CT molecular complexity index is 1000. The maximum atomic E-state index is 6.30. The van der Waals surface area contributed by atoms with E-state index in [0.717, 1.165) is 18.6 Å². The summed E-state index contributed by atoms with van der Waals surface area (Å²) >= 11 is 0. The zero-order chi connectivity index (χ0) is 15.2. The molecule has 23 heavy (non-hydrogen) atoms. The Hall–Kier alpha value is -2.74. The number of aromatic nitrogens is 1. The Morgan fingerprint density at radius 2 is 1.65 bits per heavy atom. The van der Waals surface area contributed by atoms with Crippen LogP contribution in [0.1, 0.15) is 23.7 Å². The maximum absolute atomic E-state index is 6.30. The summed E-state index contributed by atoms with van der Waals surface area (Å²) in [7, 11) is 0. The van der Waals surface area contributed by atoms with Crippen LogP contribution >= 0.6 is 0 Å². The number of aromatic amines is 1. The summed E-state index contributed by atoms with van der Waals surface area (Å²) in [6.45, 7) is 0. The zero-order valence-corrected chi connectivity index (χ0v) is 12.8. The molecule has 0 amide bonds. The lowest BCUT2D eigenvalue weighted by Crippen LogP contribution is -2.15. The van der Waals surface area contributed by atoms with Gasteiger partial charge in [-0.3, -0.25) is 0 Å². The van der Waals surface area contributed by atoms with Crippen molar-refractivity contribution in [2.45, 2.75) is 18.9 Å². The van der Waals surface area contributed by atoms with Gasteiger partial charge in [-0.1, -0.05) is 48.5 Å². The van der Waals surface area contributed by atoms with E-state index in [1.165, 1.54) is 32.9 Å². The molecule has 0 radical (unpaired) electrons. The summed E-state index contributed by atoms with van der Waals surface area (Å²) in [5, 5.41) is 2.58. The molecule has 1 atom stereocenters. The van der Waals surface area contributed by atoms with Crippen LogP contribution in [0.25, 0.3) is 21.8 Å². The molecular formula is C21H17NO. The van der Waals surface area contributed by atoms with Crippen LogP contribution in [0.4, 0.5) is 0 Å². The third-order valence-corrected chi connectivity index (χ3v) is 4.84. The molecule has 0 bridgehead atoms. The second-order valence-electron chi connectivity index (χ2n) is 6.19. The maximum Gasteiger partial charge on any atom is 0.125 e. The van der Waals surface area contributed by atoms with Gasteiger partial charge in [-0.05, 0) is 36.6 Å². The number of nitrogens with one attached hydrogen (secondary N) is 1. The highest BCUT2D eigenvalue weighted by molar-refractivity contribution is 6.08. The highest BCUT2D eigenvalue weighted by atomic mass is 16.5. The summed E-state index contributed by atoms with van der Waals surface area (Å²) in [6, 6.07) is 23.3. The monoisotopic (exact) mass is 299 g/mol. The Labute approximate surface area is 134 Å². The number of H-pyrrole nitrogens is 1. The van der Waals surface area contributed by atoms with E-state index in [9.17, 15) is 0 Å². The van der Waals surface area contributed by atoms with Crippen LogP contribution in [0.5, 0.6) is 5.75 Å². The van der Waals surface area contributed by atoms with E-state index in [2.05, 4.69) is 65.6 Å². The number of aryl methyl sites for hydroxylation is 1. The van der Waals surface area contributed by atoms with Gasteiger partial charge in [0.2, 0.25) is 0 Å². The van der Waals surface area contributed by atoms with Gasteiger partial charge in [0.1, 0.15) is 11.9 Å². The molecule has 3 aromatic carbocycles. The molecule has 2 heteroatoms. The van der Waals surface area contributed by atoms with Gasteiger partial charge < -0.3 is 9.72 Å². The van der Waals surface area contributed by atoms with Crippen molar-refractivity contribution in [1.82, 2.24) is 4.98 Å². The molecule has 1 aromatic heterocycles. The summed E-state index contributed by atoms with van der Waals surface area (Å²) in [6.07, 6.45) is 2.22. The van der Waals surface area contributed by atoms with Crippen molar-refractivity contribution in [2.24, 2.45) is 0 Å². The summed E-state index contributed by atoms with van der Waals surface area (Å²) in [5.41, 5.74) is 5.00. The zero-order valence-electron chi connectivity index (χ0n) is 12.8. The third-order valence-electron chi connectivity index (χ3n) is 4.84. The molecule has 0 fully saturated rings. The number of hydrogen-bond acceptors (Lipinski definition) is 1. The SMILES string of the molecule is c1ccc(C2CCc3c(ccc4c3[nH]c3ccccc34)O2)cc1. The fourth-order valence-electron chi connectivity index (χ4n) is 3.71. The first-order chi connectivity index (χ1) is 11.4. The van der Waals surface area contributed by atoms with Gasteiger partial charge in [-0.2, -0.15) is 0 Å². The first-order valence-electron chi connectivity index (χ1n) is 8.14. The topological polar surface area (TPSA) is 25.0 Å². The van der Waals surface area contributed by atoms with Gasteiger partial charge in [0, 0.05) is 21.9 Å². The fourth-order valence-corrected chi connectivity index (χ4v) is 3.71. The molecule has 2 heterocycles. The predicted molar refractivity (Wildman–Crippen MR) is 93.9 cm³/mol. The van der Waals surface area contributed by atoms with Crippen LogP contribution < -0.4 is 4.74 Å². The van der Waals surface area contributed by atoms with E-state index in [-0.39, 0.29) is 6.10 Å². The molecule has 0 saturated carbocycles. The normalized spacial score (nSPS) is 17.1. The van der Waals surface area contributed by atoms with Crippen molar-refractivity contribution in [3.63, 3.8) is 0 Å². The lowest BCUT2D eigenvalue weighted by molar-refractivity contribution is 0.177. The molecule has 4 aromatic rings. The van der Waals surface area contributed by atoms with Crippen LogP contribution in [-0.4, -0.2) is 4.98 Å². The van der Waals surface area contributed by atoms with Crippen molar-refractivity contribution < 1.29 is 4.74 Å². The lowest BCUT2D eigenvalue weighted by Gasteiger charge is -2.26. The first kappa shape index (κ1) is 12.8. The van der Waals surface area contributed by atoms with Crippen molar-refractivity contribution in [1.29, 1.82) is 0 Å². The molecule has 2 nitrogen and oxygen atoms in total. The fraction of sp³-hybridized carbons (Fsp3) is 0.143. The lowest BCUT2D eigenvalue weighted by atomic mass is 9.96. The average Bonchev–Trinajstić information content (AvgIpc) is 3.01. The molecule has 1 aliphatic rings. The average molecular weight is 299 g/mol. The van der Waals surface area contributed by atoms with Crippen molar-refractivity contribution in [2.75, 3.05) is 0 Å². The van der Waals surface area contributed by atoms with Crippen molar-refractivity contribution in [3.05, 3.63) is 77.9 Å². The Morgan fingerprint density at radius 3 is 2.57 bits per heavy atom. The van der Waals surface area contributed by atoms with Gasteiger partial charge in [0.05, 0.1) is 5.52 Å². The number of rotatable bonds is 1. The van der Waals surface area contributed by atoms with E-state index < -0.39 is 0 Å². The van der Waals surface area contributed by atoms with E-state index in [4.69, 9.17) is 4.74 Å². The van der Waals surface area contributed by atoms with Crippen LogP contribution in [-0.2, 0) is 6.42 Å². The highest BCUT2D eigenvalue weighted by Crippen LogP contribution is 2.40. The summed E-state index contributed by atoms with van der Waals surface area (Å²) < 4.78 is 6.30. The third kappa shape index (κ3) is 1.95. The molecule has 0 aliphatic carbocycles. The predicted octanol–water partition coefficient (Wildman–Crippen LogP) is 5.39. The minimum Gasteiger partial charge on any atom is -0.485 e. The van der Waals surface area contributed by atoms with E-state index in [0.29, 0.717) is 0 Å². The largest absolute Gasteiger partial charge is 0.485 e. The molecule has 0 saturated heterocycles. The van der Waals surface area contributed by atoms with Gasteiger partial charge in [0.25, 0.3) is 0 Å². The number of para-hydroxylation sites is 1. The van der Waals surface area contributed by atoms with E-state index in [1.807, 2.05) is 6.07 Å². The molecular weight excluding hydrogens is 282 g/mol. The van der Waals surface area contributed by atoms with Crippen molar-refractivity contribution >= 4 is 21.8 Å². The van der Waals surface area contributed by atoms with Crippen LogP contribution in [0.2, 0.25) is 0 Å². The molecule has 1 N–H and O–H groups in total. The quantitative estimate of drug-likeness (QED) is 0.501. The highest BCUT2D eigenvalue weighted by Gasteiger charge is 2.23. The second-order valence-corrected chi connectivity index (χ2v) is 6.19. The smallest absolute Gasteiger partial charge is 0.125 e. The minimum absolute atomic E-state index is 0.158. The number of hydrogen-bond donors (Lipinski definition) is 1. The van der Waals surface area contributed by atoms with E-state index in [1.54, 1.807) is 0 Å². The molecule has 112 valence electrons. The second kappa shape index (κ2) is 4.88.